The van der Waals surface area contributed by atoms with Gasteiger partial charge in [0.1, 0.15) is 6.42 Å². The lowest BCUT2D eigenvalue weighted by atomic mass is 10.1. The fourth-order valence-electron chi connectivity index (χ4n) is 3.03. The second-order valence-corrected chi connectivity index (χ2v) is 6.20. The average molecular weight is 356 g/mol. The zero-order chi connectivity index (χ0) is 19.2. The number of rotatable bonds is 5. The Balaban J connectivity index is 1.83. The van der Waals surface area contributed by atoms with Gasteiger partial charge >= 0.3 is 0 Å². The van der Waals surface area contributed by atoms with Crippen LogP contribution in [0.2, 0.25) is 0 Å². The summed E-state index contributed by atoms with van der Waals surface area (Å²) in [5, 5.41) is 12.4. The largest absolute Gasteiger partial charge is 0.318 e. The van der Waals surface area contributed by atoms with E-state index >= 15 is 0 Å². The van der Waals surface area contributed by atoms with Gasteiger partial charge in [-0.2, -0.15) is 10.4 Å². The van der Waals surface area contributed by atoms with E-state index in [1.165, 1.54) is 11.1 Å². The molecule has 0 saturated carbocycles. The summed E-state index contributed by atoms with van der Waals surface area (Å²) in [5.74, 6) is -0.418. The molecule has 0 aliphatic rings. The molecule has 1 heterocycles. The third-order valence-electron chi connectivity index (χ3n) is 4.34. The molecule has 1 aromatic heterocycles. The topological polar surface area (TPSA) is 70.2 Å². The molecule has 0 unspecified atom stereocenters. The number of aromatic nitrogens is 1. The van der Waals surface area contributed by atoms with Crippen LogP contribution in [-0.4, -0.2) is 16.7 Å². The van der Waals surface area contributed by atoms with Gasteiger partial charge < -0.3 is 4.57 Å². The molecule has 3 aromatic rings. The monoisotopic (exact) mass is 356 g/mol. The first-order valence-electron chi connectivity index (χ1n) is 8.64. The fourth-order valence-corrected chi connectivity index (χ4v) is 3.03. The van der Waals surface area contributed by atoms with Gasteiger partial charge in [0.25, 0.3) is 5.91 Å². The molecule has 0 radical (unpaired) electrons. The van der Waals surface area contributed by atoms with Crippen molar-refractivity contribution in [1.82, 2.24) is 9.99 Å². The summed E-state index contributed by atoms with van der Waals surface area (Å²) in [6, 6.07) is 22.5. The van der Waals surface area contributed by atoms with Crippen molar-refractivity contribution in [2.45, 2.75) is 20.3 Å². The lowest BCUT2D eigenvalue weighted by Gasteiger charge is -2.11. The summed E-state index contributed by atoms with van der Waals surface area (Å²) in [4.78, 5) is 11.3. The number of nitriles is 1. The Kier molecular flexibility index (Phi) is 5.48. The molecule has 27 heavy (non-hydrogen) atoms. The van der Waals surface area contributed by atoms with Crippen LogP contribution in [0.5, 0.6) is 0 Å². The summed E-state index contributed by atoms with van der Waals surface area (Å²) >= 11 is 0. The first kappa shape index (κ1) is 18.2. The average Bonchev–Trinajstić information content (AvgIpc) is 2.96. The minimum atomic E-state index is -0.418. The van der Waals surface area contributed by atoms with Crippen molar-refractivity contribution < 1.29 is 4.79 Å². The van der Waals surface area contributed by atoms with Crippen LogP contribution in [0.4, 0.5) is 0 Å². The van der Waals surface area contributed by atoms with Gasteiger partial charge in [-0.1, -0.05) is 42.5 Å². The maximum absolute atomic E-state index is 11.3. The highest BCUT2D eigenvalue weighted by Gasteiger charge is 2.10. The second-order valence-electron chi connectivity index (χ2n) is 6.20. The summed E-state index contributed by atoms with van der Waals surface area (Å²) in [7, 11) is 0. The Morgan fingerprint density at radius 3 is 2.44 bits per heavy atom. The molecule has 134 valence electrons. The van der Waals surface area contributed by atoms with Crippen molar-refractivity contribution >= 4 is 12.1 Å². The Labute approximate surface area is 158 Å². The number of carbonyl (C=O) groups excluding carboxylic acids is 1. The van der Waals surface area contributed by atoms with Crippen LogP contribution in [-0.2, 0) is 4.79 Å². The van der Waals surface area contributed by atoms with Gasteiger partial charge in [0.2, 0.25) is 0 Å². The smallest absolute Gasteiger partial charge is 0.254 e. The number of hydrazone groups is 1. The molecule has 5 heteroatoms. The number of aryl methyl sites for hydroxylation is 1. The van der Waals surface area contributed by atoms with E-state index < -0.39 is 5.91 Å². The quantitative estimate of drug-likeness (QED) is 0.552. The summed E-state index contributed by atoms with van der Waals surface area (Å²) in [6.45, 7) is 4.04. The highest BCUT2D eigenvalue weighted by molar-refractivity contribution is 5.84. The van der Waals surface area contributed by atoms with Crippen molar-refractivity contribution in [1.29, 1.82) is 5.26 Å². The second kappa shape index (κ2) is 8.15. The summed E-state index contributed by atoms with van der Waals surface area (Å²) in [5.41, 5.74) is 8.79. The van der Waals surface area contributed by atoms with Crippen LogP contribution in [0, 0.1) is 25.2 Å². The number of benzene rings is 2. The normalized spacial score (nSPS) is 10.7. The van der Waals surface area contributed by atoms with Gasteiger partial charge in [-0.25, -0.2) is 5.43 Å². The Bertz CT molecular complexity index is 1010. The molecule has 1 N–H and O–H groups in total. The van der Waals surface area contributed by atoms with E-state index in [0.717, 1.165) is 22.6 Å². The van der Waals surface area contributed by atoms with E-state index in [1.807, 2.05) is 38.1 Å². The molecule has 0 fully saturated rings. The van der Waals surface area contributed by atoms with Gasteiger partial charge in [0, 0.05) is 22.6 Å². The number of carbonyl (C=O) groups is 1. The first-order valence-corrected chi connectivity index (χ1v) is 8.64. The van der Waals surface area contributed by atoms with Gasteiger partial charge in [-0.3, -0.25) is 4.79 Å². The molecular weight excluding hydrogens is 336 g/mol. The number of amides is 1. The van der Waals surface area contributed by atoms with Crippen LogP contribution in [0.15, 0.2) is 65.8 Å². The Morgan fingerprint density at radius 1 is 1.11 bits per heavy atom. The zero-order valence-corrected chi connectivity index (χ0v) is 15.3. The third kappa shape index (κ3) is 4.13. The van der Waals surface area contributed by atoms with E-state index in [2.05, 4.69) is 51.5 Å². The van der Waals surface area contributed by atoms with E-state index in [0.29, 0.717) is 0 Å². The summed E-state index contributed by atoms with van der Waals surface area (Å²) < 4.78 is 2.15. The van der Waals surface area contributed by atoms with Crippen LogP contribution in [0.1, 0.15) is 23.4 Å². The van der Waals surface area contributed by atoms with E-state index in [9.17, 15) is 4.79 Å². The third-order valence-corrected chi connectivity index (χ3v) is 4.34. The lowest BCUT2D eigenvalue weighted by molar-refractivity contribution is -0.120. The van der Waals surface area contributed by atoms with E-state index in [-0.39, 0.29) is 6.42 Å². The molecule has 1 amide bonds. The highest BCUT2D eigenvalue weighted by Crippen LogP contribution is 2.24. The van der Waals surface area contributed by atoms with Crippen molar-refractivity contribution in [3.63, 3.8) is 0 Å². The molecule has 5 nitrogen and oxygen atoms in total. The van der Waals surface area contributed by atoms with Crippen LogP contribution in [0.3, 0.4) is 0 Å². The molecule has 0 saturated heterocycles. The maximum atomic E-state index is 11.3. The number of nitrogens with one attached hydrogen (secondary N) is 1. The molecule has 0 aliphatic carbocycles. The molecule has 0 atom stereocenters. The van der Waals surface area contributed by atoms with E-state index in [1.54, 1.807) is 12.3 Å². The van der Waals surface area contributed by atoms with Crippen LogP contribution in [0.25, 0.3) is 16.8 Å². The SMILES string of the molecule is Cc1cc(/C=N/NC(=O)CC#N)c(C)n1-c1ccc(-c2ccccc2)cc1. The Hall–Kier alpha value is -3.65. The predicted molar refractivity (Wildman–Crippen MR) is 107 cm³/mol. The Morgan fingerprint density at radius 2 is 1.78 bits per heavy atom. The zero-order valence-electron chi connectivity index (χ0n) is 15.3. The number of hydrogen-bond acceptors (Lipinski definition) is 3. The number of nitrogens with zero attached hydrogens (tertiary/aromatic N) is 3. The van der Waals surface area contributed by atoms with E-state index in [4.69, 9.17) is 5.26 Å². The first-order chi connectivity index (χ1) is 13.1. The fraction of sp³-hybridized carbons (Fsp3) is 0.136. The van der Waals surface area contributed by atoms with Crippen molar-refractivity contribution in [3.8, 4) is 22.9 Å². The maximum Gasteiger partial charge on any atom is 0.254 e. The molecule has 3 rings (SSSR count). The van der Waals surface area contributed by atoms with Gasteiger partial charge in [0.15, 0.2) is 0 Å². The molecule has 2 aromatic carbocycles. The minimum Gasteiger partial charge on any atom is -0.318 e. The standard InChI is InChI=1S/C22H20N4O/c1-16-14-20(15-24-25-22(27)12-13-23)17(2)26(16)21-10-8-19(9-11-21)18-6-4-3-5-7-18/h3-11,14-15H,12H2,1-2H3,(H,25,27)/b24-15+. The van der Waals surface area contributed by atoms with Crippen molar-refractivity contribution in [3.05, 3.63) is 77.6 Å². The van der Waals surface area contributed by atoms with Gasteiger partial charge in [-0.05, 0) is 43.2 Å². The van der Waals surface area contributed by atoms with Crippen molar-refractivity contribution in [2.75, 3.05) is 0 Å². The highest BCUT2D eigenvalue weighted by atomic mass is 16.2. The van der Waals surface area contributed by atoms with Crippen LogP contribution >= 0.6 is 0 Å². The van der Waals surface area contributed by atoms with Crippen LogP contribution < -0.4 is 5.43 Å². The lowest BCUT2D eigenvalue weighted by Crippen LogP contribution is -2.16. The molecule has 0 bridgehead atoms. The van der Waals surface area contributed by atoms with Gasteiger partial charge in [0.05, 0.1) is 12.3 Å². The summed E-state index contributed by atoms with van der Waals surface area (Å²) in [6.07, 6.45) is 1.40. The molecule has 0 spiro atoms. The van der Waals surface area contributed by atoms with Gasteiger partial charge in [-0.15, -0.1) is 0 Å². The van der Waals surface area contributed by atoms with Crippen molar-refractivity contribution in [2.24, 2.45) is 5.10 Å². The molecular formula is C22H20N4O. The predicted octanol–water partition coefficient (Wildman–Crippen LogP) is 4.12. The number of hydrogen-bond donors (Lipinski definition) is 1. The molecule has 0 aliphatic heterocycles. The minimum absolute atomic E-state index is 0.204.